The van der Waals surface area contributed by atoms with Crippen LogP contribution in [0.3, 0.4) is 0 Å². The van der Waals surface area contributed by atoms with Crippen molar-refractivity contribution in [3.63, 3.8) is 0 Å². The third-order valence-corrected chi connectivity index (χ3v) is 6.21. The summed E-state index contributed by atoms with van der Waals surface area (Å²) in [5, 5.41) is 23.2. The van der Waals surface area contributed by atoms with Crippen LogP contribution < -0.4 is 5.11 Å². The summed E-state index contributed by atoms with van der Waals surface area (Å²) >= 11 is 0. The van der Waals surface area contributed by atoms with Crippen LogP contribution in [0.25, 0.3) is 0 Å². The Bertz CT molecular complexity index is 974. The maximum atomic E-state index is 13.2. The highest BCUT2D eigenvalue weighted by atomic mass is 16.6. The van der Waals surface area contributed by atoms with Crippen molar-refractivity contribution in [2.24, 2.45) is 10.9 Å². The van der Waals surface area contributed by atoms with Gasteiger partial charge in [-0.3, -0.25) is 24.7 Å². The lowest BCUT2D eigenvalue weighted by molar-refractivity contribution is -0.398. The van der Waals surface area contributed by atoms with E-state index in [0.717, 1.165) is 31.7 Å². The molecule has 2 aliphatic carbocycles. The molecule has 1 fully saturated rings. The number of hydrogen-bond donors (Lipinski definition) is 0. The molecule has 0 radical (unpaired) electrons. The number of nitro groups is 1. The van der Waals surface area contributed by atoms with Crippen LogP contribution in [0.4, 0.5) is 5.69 Å². The highest BCUT2D eigenvalue weighted by molar-refractivity contribution is 6.08. The first-order chi connectivity index (χ1) is 14.4. The lowest BCUT2D eigenvalue weighted by Gasteiger charge is -2.35. The van der Waals surface area contributed by atoms with Crippen LogP contribution in [-0.2, 0) is 14.3 Å². The summed E-state index contributed by atoms with van der Waals surface area (Å²) in [6.07, 6.45) is 5.11. The van der Waals surface area contributed by atoms with E-state index in [1.165, 1.54) is 12.1 Å². The van der Waals surface area contributed by atoms with E-state index in [0.29, 0.717) is 41.8 Å². The average molecular weight is 411 g/mol. The number of allylic oxidation sites excluding steroid dienone is 2. The third-order valence-electron chi connectivity index (χ3n) is 6.21. The van der Waals surface area contributed by atoms with Crippen molar-refractivity contribution in [3.8, 4) is 5.75 Å². The van der Waals surface area contributed by atoms with Gasteiger partial charge in [0.2, 0.25) is 0 Å². The number of nitrogens with zero attached hydrogens (tertiary/aromatic N) is 2. The molecule has 1 aromatic carbocycles. The molecule has 2 atom stereocenters. The predicted molar refractivity (Wildman–Crippen MR) is 106 cm³/mol. The summed E-state index contributed by atoms with van der Waals surface area (Å²) in [4.78, 5) is 41.2. The fourth-order valence-corrected chi connectivity index (χ4v) is 4.79. The summed E-state index contributed by atoms with van der Waals surface area (Å²) < 4.78 is 5.74. The molecule has 1 aromatic rings. The van der Waals surface area contributed by atoms with Gasteiger partial charge in [-0.05, 0) is 56.8 Å². The van der Waals surface area contributed by atoms with Crippen LogP contribution in [0.2, 0.25) is 0 Å². The van der Waals surface area contributed by atoms with Crippen molar-refractivity contribution >= 4 is 23.2 Å². The van der Waals surface area contributed by atoms with Crippen LogP contribution >= 0.6 is 0 Å². The lowest BCUT2D eigenvalue weighted by atomic mass is 9.71. The first-order valence-electron chi connectivity index (χ1n) is 10.3. The van der Waals surface area contributed by atoms with Gasteiger partial charge >= 0.3 is 5.97 Å². The van der Waals surface area contributed by atoms with E-state index < -0.39 is 34.2 Å². The molecular formula is C22H23N2O6-. The van der Waals surface area contributed by atoms with Gasteiger partial charge in [0, 0.05) is 35.4 Å². The fraction of sp³-hybridized carbons (Fsp3) is 0.500. The number of esters is 1. The van der Waals surface area contributed by atoms with Crippen LogP contribution in [0.1, 0.15) is 63.4 Å². The molecule has 0 bridgehead atoms. The molecule has 1 heterocycles. The Labute approximate surface area is 173 Å². The van der Waals surface area contributed by atoms with Gasteiger partial charge in [0.25, 0.3) is 5.69 Å². The van der Waals surface area contributed by atoms with Crippen LogP contribution in [0, 0.1) is 16.0 Å². The van der Waals surface area contributed by atoms with Gasteiger partial charge in [-0.2, -0.15) is 0 Å². The second kappa shape index (κ2) is 8.01. The molecule has 1 aliphatic heterocycles. The molecule has 4 rings (SSSR count). The molecule has 0 N–H and O–H groups in total. The molecule has 0 spiro atoms. The number of nitro benzene ring substituents is 1. The standard InChI is InChI=1S/C22H24N2O6/c1-12-19(22(27)30-14-5-2-3-6-14)20(21-15(23-12)7-4-8-18(21)26)13-9-10-17(25)16(11-13)24(28)29/h9-11,14,19-20,25H,2-8H2,1H3/p-1/t19?,20-/m1/s1. The van der Waals surface area contributed by atoms with Crippen LogP contribution in [0.5, 0.6) is 5.75 Å². The molecule has 8 heteroatoms. The van der Waals surface area contributed by atoms with E-state index in [2.05, 4.69) is 4.99 Å². The SMILES string of the molecule is CC1=NC2=C(C(=O)CCC2)[C@H](c2ccc([O-])c([N+](=O)[O-])c2)C1C(=O)OC1CCCC1. The molecule has 0 aromatic heterocycles. The zero-order valence-electron chi connectivity index (χ0n) is 16.8. The Morgan fingerprint density at radius 1 is 1.20 bits per heavy atom. The van der Waals surface area contributed by atoms with Gasteiger partial charge in [0.05, 0.1) is 4.92 Å². The van der Waals surface area contributed by atoms with E-state index in [1.807, 2.05) is 0 Å². The minimum absolute atomic E-state index is 0.106. The zero-order chi connectivity index (χ0) is 21.4. The normalized spacial score (nSPS) is 24.4. The number of Topliss-reactive ketones (excluding diaryl/α,β-unsaturated/α-hetero) is 1. The van der Waals surface area contributed by atoms with Crippen molar-refractivity contribution in [2.45, 2.75) is 63.9 Å². The zero-order valence-corrected chi connectivity index (χ0v) is 16.8. The second-order valence-corrected chi connectivity index (χ2v) is 8.17. The van der Waals surface area contributed by atoms with Gasteiger partial charge in [-0.1, -0.05) is 12.1 Å². The summed E-state index contributed by atoms with van der Waals surface area (Å²) in [6.45, 7) is 1.73. The summed E-state index contributed by atoms with van der Waals surface area (Å²) in [5.74, 6) is -2.86. The number of aliphatic imine (C=N–C) groups is 1. The number of carbonyl (C=O) groups is 2. The topological polar surface area (TPSA) is 122 Å². The van der Waals surface area contributed by atoms with Crippen LogP contribution in [-0.4, -0.2) is 28.5 Å². The number of ether oxygens (including phenoxy) is 1. The number of carbonyl (C=O) groups excluding carboxylic acids is 2. The van der Waals surface area contributed by atoms with E-state index >= 15 is 0 Å². The number of hydrogen-bond acceptors (Lipinski definition) is 7. The van der Waals surface area contributed by atoms with Gasteiger partial charge in [0.1, 0.15) is 12.0 Å². The molecule has 8 nitrogen and oxygen atoms in total. The Hall–Kier alpha value is -3.03. The first-order valence-corrected chi connectivity index (χ1v) is 10.3. The lowest BCUT2D eigenvalue weighted by Crippen LogP contribution is -2.38. The highest BCUT2D eigenvalue weighted by Gasteiger charge is 2.44. The van der Waals surface area contributed by atoms with Gasteiger partial charge in [-0.25, -0.2) is 0 Å². The Morgan fingerprint density at radius 3 is 2.63 bits per heavy atom. The first kappa shape index (κ1) is 20.3. The minimum Gasteiger partial charge on any atom is -0.868 e. The second-order valence-electron chi connectivity index (χ2n) is 8.17. The Balaban J connectivity index is 1.80. The number of rotatable bonds is 4. The molecule has 0 amide bonds. The van der Waals surface area contributed by atoms with E-state index in [1.54, 1.807) is 6.92 Å². The quantitative estimate of drug-likeness (QED) is 0.425. The molecular weight excluding hydrogens is 388 g/mol. The summed E-state index contributed by atoms with van der Waals surface area (Å²) in [7, 11) is 0. The minimum atomic E-state index is -0.844. The smallest absolute Gasteiger partial charge is 0.315 e. The molecule has 1 saturated carbocycles. The Morgan fingerprint density at radius 2 is 1.93 bits per heavy atom. The van der Waals surface area contributed by atoms with Gasteiger partial charge in [-0.15, -0.1) is 0 Å². The highest BCUT2D eigenvalue weighted by Crippen LogP contribution is 2.45. The molecule has 3 aliphatic rings. The summed E-state index contributed by atoms with van der Waals surface area (Å²) in [6, 6.07) is 3.79. The predicted octanol–water partition coefficient (Wildman–Crippen LogP) is 3.34. The molecule has 30 heavy (non-hydrogen) atoms. The maximum Gasteiger partial charge on any atom is 0.315 e. The van der Waals surface area contributed by atoms with Crippen molar-refractivity contribution in [2.75, 3.05) is 0 Å². The third kappa shape index (κ3) is 3.62. The molecule has 158 valence electrons. The number of benzene rings is 1. The van der Waals surface area contributed by atoms with Gasteiger partial charge in [0.15, 0.2) is 5.78 Å². The Kier molecular flexibility index (Phi) is 5.40. The van der Waals surface area contributed by atoms with E-state index in [4.69, 9.17) is 4.74 Å². The van der Waals surface area contributed by atoms with Crippen LogP contribution in [0.15, 0.2) is 34.5 Å². The van der Waals surface area contributed by atoms with E-state index in [-0.39, 0.29) is 11.9 Å². The maximum absolute atomic E-state index is 13.2. The molecule has 0 saturated heterocycles. The largest absolute Gasteiger partial charge is 0.868 e. The van der Waals surface area contributed by atoms with Crippen molar-refractivity contribution < 1.29 is 24.4 Å². The van der Waals surface area contributed by atoms with Crippen molar-refractivity contribution in [3.05, 3.63) is 45.1 Å². The van der Waals surface area contributed by atoms with E-state index in [9.17, 15) is 24.8 Å². The van der Waals surface area contributed by atoms with Crippen molar-refractivity contribution in [1.82, 2.24) is 0 Å². The monoisotopic (exact) mass is 411 g/mol. The average Bonchev–Trinajstić information content (AvgIpc) is 3.20. The van der Waals surface area contributed by atoms with Gasteiger partial charge < -0.3 is 9.84 Å². The fourth-order valence-electron chi connectivity index (χ4n) is 4.79. The molecule has 1 unspecified atom stereocenters. The number of ketones is 1. The van der Waals surface area contributed by atoms with Crippen molar-refractivity contribution in [1.29, 1.82) is 0 Å². The summed E-state index contributed by atoms with van der Waals surface area (Å²) in [5.41, 5.74) is 1.42.